The average Bonchev–Trinajstić information content (AvgIpc) is 2.58. The van der Waals surface area contributed by atoms with E-state index in [1.54, 1.807) is 7.11 Å². The van der Waals surface area contributed by atoms with Crippen molar-refractivity contribution < 1.29 is 14.3 Å². The monoisotopic (exact) mass is 336 g/mol. The van der Waals surface area contributed by atoms with E-state index in [1.807, 2.05) is 19.9 Å². The number of nitrogens with one attached hydrogen (secondary N) is 1. The summed E-state index contributed by atoms with van der Waals surface area (Å²) >= 11 is 0. The van der Waals surface area contributed by atoms with Crippen molar-refractivity contribution in [3.63, 3.8) is 0 Å². The predicted octanol–water partition coefficient (Wildman–Crippen LogP) is 1.55. The number of hydrogen-bond donors (Lipinski definition) is 1. The van der Waals surface area contributed by atoms with Crippen molar-refractivity contribution in [3.05, 3.63) is 11.8 Å². The number of aromatic nitrogens is 2. The molecule has 7 nitrogen and oxygen atoms in total. The molecule has 0 unspecified atom stereocenters. The van der Waals surface area contributed by atoms with Gasteiger partial charge in [0.1, 0.15) is 0 Å². The second-order valence-corrected chi connectivity index (χ2v) is 5.98. The third kappa shape index (κ3) is 5.33. The standard InChI is InChI=1S/C17H28N4O3/c1-4-24-15-12-13(2)19-17(20-15)21-9-6-14(7-10-21)16(22)18-8-5-11-23-3/h12,14H,4-11H2,1-3H3,(H,18,22). The van der Waals surface area contributed by atoms with Crippen molar-refractivity contribution in [2.24, 2.45) is 5.92 Å². The van der Waals surface area contributed by atoms with Gasteiger partial charge in [-0.25, -0.2) is 4.98 Å². The molecule has 1 aromatic rings. The predicted molar refractivity (Wildman–Crippen MR) is 92.4 cm³/mol. The molecule has 0 bridgehead atoms. The minimum Gasteiger partial charge on any atom is -0.478 e. The number of carbonyl (C=O) groups is 1. The number of amides is 1. The zero-order chi connectivity index (χ0) is 17.4. The Bertz CT molecular complexity index is 531. The third-order valence-electron chi connectivity index (χ3n) is 4.08. The van der Waals surface area contributed by atoms with Gasteiger partial charge in [-0.05, 0) is 33.1 Å². The molecule has 7 heteroatoms. The van der Waals surface area contributed by atoms with E-state index >= 15 is 0 Å². The van der Waals surface area contributed by atoms with Crippen LogP contribution in [0.1, 0.15) is 31.9 Å². The molecule has 2 rings (SSSR count). The highest BCUT2D eigenvalue weighted by molar-refractivity contribution is 5.78. The lowest BCUT2D eigenvalue weighted by molar-refractivity contribution is -0.125. The molecule has 1 aliphatic heterocycles. The van der Waals surface area contributed by atoms with Crippen molar-refractivity contribution in [1.82, 2.24) is 15.3 Å². The number of methoxy groups -OCH3 is 1. The van der Waals surface area contributed by atoms with E-state index in [1.165, 1.54) is 0 Å². The molecule has 2 heterocycles. The highest BCUT2D eigenvalue weighted by atomic mass is 16.5. The first kappa shape index (κ1) is 18.4. The van der Waals surface area contributed by atoms with Gasteiger partial charge in [0.2, 0.25) is 17.7 Å². The molecule has 1 N–H and O–H groups in total. The molecule has 0 radical (unpaired) electrons. The normalized spacial score (nSPS) is 15.4. The van der Waals surface area contributed by atoms with Crippen LogP contribution in [0, 0.1) is 12.8 Å². The maximum atomic E-state index is 12.2. The molecule has 0 spiro atoms. The fraction of sp³-hybridized carbons (Fsp3) is 0.706. The van der Waals surface area contributed by atoms with E-state index < -0.39 is 0 Å². The fourth-order valence-electron chi connectivity index (χ4n) is 2.80. The first-order valence-electron chi connectivity index (χ1n) is 8.64. The molecule has 1 fully saturated rings. The van der Waals surface area contributed by atoms with Crippen LogP contribution < -0.4 is 15.0 Å². The van der Waals surface area contributed by atoms with Gasteiger partial charge < -0.3 is 19.7 Å². The molecule has 24 heavy (non-hydrogen) atoms. The van der Waals surface area contributed by atoms with E-state index in [4.69, 9.17) is 9.47 Å². The smallest absolute Gasteiger partial charge is 0.228 e. The second-order valence-electron chi connectivity index (χ2n) is 5.98. The van der Waals surface area contributed by atoms with Crippen LogP contribution in [-0.4, -0.2) is 55.8 Å². The lowest BCUT2D eigenvalue weighted by Gasteiger charge is -2.31. The van der Waals surface area contributed by atoms with Gasteiger partial charge >= 0.3 is 0 Å². The summed E-state index contributed by atoms with van der Waals surface area (Å²) in [5.74, 6) is 1.52. The Balaban J connectivity index is 1.85. The second kappa shape index (κ2) is 9.42. The molecule has 0 saturated carbocycles. The van der Waals surface area contributed by atoms with Gasteiger partial charge in [0.05, 0.1) is 6.61 Å². The largest absolute Gasteiger partial charge is 0.478 e. The third-order valence-corrected chi connectivity index (χ3v) is 4.08. The quantitative estimate of drug-likeness (QED) is 0.726. The molecule has 134 valence electrons. The molecule has 0 aromatic carbocycles. The molecular formula is C17H28N4O3. The van der Waals surface area contributed by atoms with Crippen LogP contribution in [0.4, 0.5) is 5.95 Å². The van der Waals surface area contributed by atoms with Gasteiger partial charge in [-0.3, -0.25) is 4.79 Å². The first-order valence-corrected chi connectivity index (χ1v) is 8.64. The molecule has 1 aliphatic rings. The van der Waals surface area contributed by atoms with Gasteiger partial charge in [0.25, 0.3) is 0 Å². The van der Waals surface area contributed by atoms with Crippen LogP contribution in [0.3, 0.4) is 0 Å². The summed E-state index contributed by atoms with van der Waals surface area (Å²) < 4.78 is 10.5. The number of carbonyl (C=O) groups excluding carboxylic acids is 1. The van der Waals surface area contributed by atoms with Crippen molar-refractivity contribution in [2.45, 2.75) is 33.1 Å². The summed E-state index contributed by atoms with van der Waals surface area (Å²) in [6.07, 6.45) is 2.48. The van der Waals surface area contributed by atoms with Crippen molar-refractivity contribution >= 4 is 11.9 Å². The summed E-state index contributed by atoms with van der Waals surface area (Å²) in [6.45, 7) is 7.37. The highest BCUT2D eigenvalue weighted by Crippen LogP contribution is 2.23. The zero-order valence-electron chi connectivity index (χ0n) is 14.9. The number of ether oxygens (including phenoxy) is 2. The molecule has 0 atom stereocenters. The molecule has 1 aromatic heterocycles. The van der Waals surface area contributed by atoms with E-state index in [-0.39, 0.29) is 11.8 Å². The Hall–Kier alpha value is -1.89. The lowest BCUT2D eigenvalue weighted by atomic mass is 9.96. The summed E-state index contributed by atoms with van der Waals surface area (Å²) in [4.78, 5) is 23.3. The van der Waals surface area contributed by atoms with Crippen LogP contribution in [0.5, 0.6) is 5.88 Å². The van der Waals surface area contributed by atoms with Crippen LogP contribution in [0.2, 0.25) is 0 Å². The highest BCUT2D eigenvalue weighted by Gasteiger charge is 2.26. The number of rotatable bonds is 8. The summed E-state index contributed by atoms with van der Waals surface area (Å²) in [5.41, 5.74) is 0.890. The Morgan fingerprint density at radius 3 is 2.79 bits per heavy atom. The number of anilines is 1. The lowest BCUT2D eigenvalue weighted by Crippen LogP contribution is -2.41. The number of hydrogen-bond acceptors (Lipinski definition) is 6. The Morgan fingerprint density at radius 1 is 1.38 bits per heavy atom. The van der Waals surface area contributed by atoms with Crippen molar-refractivity contribution in [1.29, 1.82) is 0 Å². The van der Waals surface area contributed by atoms with Crippen LogP contribution >= 0.6 is 0 Å². The van der Waals surface area contributed by atoms with E-state index in [2.05, 4.69) is 20.2 Å². The summed E-state index contributed by atoms with van der Waals surface area (Å²) in [6, 6.07) is 1.84. The topological polar surface area (TPSA) is 76.6 Å². The number of piperidine rings is 1. The minimum absolute atomic E-state index is 0.0694. The number of nitrogens with zero attached hydrogens (tertiary/aromatic N) is 3. The maximum Gasteiger partial charge on any atom is 0.228 e. The molecule has 1 saturated heterocycles. The Kier molecular flexibility index (Phi) is 7.24. The Labute approximate surface area is 143 Å². The van der Waals surface area contributed by atoms with Crippen LogP contribution in [0.15, 0.2) is 6.07 Å². The van der Waals surface area contributed by atoms with E-state index in [9.17, 15) is 4.79 Å². The first-order chi connectivity index (χ1) is 11.6. The van der Waals surface area contributed by atoms with E-state index in [0.29, 0.717) is 31.6 Å². The average molecular weight is 336 g/mol. The van der Waals surface area contributed by atoms with Crippen molar-refractivity contribution in [2.75, 3.05) is 44.9 Å². The van der Waals surface area contributed by atoms with Gasteiger partial charge in [-0.1, -0.05) is 0 Å². The summed E-state index contributed by atoms with van der Waals surface area (Å²) in [7, 11) is 1.67. The van der Waals surface area contributed by atoms with Crippen LogP contribution in [-0.2, 0) is 9.53 Å². The SMILES string of the molecule is CCOc1cc(C)nc(N2CCC(C(=O)NCCCOC)CC2)n1. The molecule has 0 aliphatic carbocycles. The van der Waals surface area contributed by atoms with Gasteiger partial charge in [0.15, 0.2) is 0 Å². The molecular weight excluding hydrogens is 308 g/mol. The van der Waals surface area contributed by atoms with E-state index in [0.717, 1.165) is 38.0 Å². The fourth-order valence-corrected chi connectivity index (χ4v) is 2.80. The van der Waals surface area contributed by atoms with Gasteiger partial charge in [-0.15, -0.1) is 0 Å². The zero-order valence-corrected chi connectivity index (χ0v) is 14.9. The van der Waals surface area contributed by atoms with Crippen molar-refractivity contribution in [3.8, 4) is 5.88 Å². The van der Waals surface area contributed by atoms with Gasteiger partial charge in [0, 0.05) is 51.0 Å². The van der Waals surface area contributed by atoms with Crippen LogP contribution in [0.25, 0.3) is 0 Å². The molecule has 1 amide bonds. The number of aryl methyl sites for hydroxylation is 1. The summed E-state index contributed by atoms with van der Waals surface area (Å²) in [5, 5.41) is 2.99. The maximum absolute atomic E-state index is 12.2. The Morgan fingerprint density at radius 2 is 2.12 bits per heavy atom. The minimum atomic E-state index is 0.0694. The van der Waals surface area contributed by atoms with Gasteiger partial charge in [-0.2, -0.15) is 4.98 Å².